The summed E-state index contributed by atoms with van der Waals surface area (Å²) in [5.41, 5.74) is 2.75. The second-order valence-electron chi connectivity index (χ2n) is 5.08. The van der Waals surface area contributed by atoms with E-state index >= 15 is 0 Å². The first kappa shape index (κ1) is 14.1. The van der Waals surface area contributed by atoms with Gasteiger partial charge in [0.2, 0.25) is 11.2 Å². The van der Waals surface area contributed by atoms with Crippen LogP contribution in [0.2, 0.25) is 5.28 Å². The van der Waals surface area contributed by atoms with Crippen LogP contribution in [0, 0.1) is 0 Å². The fraction of sp³-hybridized carbons (Fsp3) is 0.400. The Morgan fingerprint density at radius 3 is 2.57 bits per heavy atom. The van der Waals surface area contributed by atoms with E-state index in [1.807, 2.05) is 6.92 Å². The van der Waals surface area contributed by atoms with Crippen LogP contribution in [0.25, 0.3) is 0 Å². The van der Waals surface area contributed by atoms with E-state index in [4.69, 9.17) is 16.3 Å². The van der Waals surface area contributed by atoms with Gasteiger partial charge < -0.3 is 10.1 Å². The predicted molar refractivity (Wildman–Crippen MR) is 81.9 cm³/mol. The highest BCUT2D eigenvalue weighted by Gasteiger charge is 2.21. The number of nitrogens with one attached hydrogen (secondary N) is 1. The number of halogens is 1. The molecule has 0 unspecified atom stereocenters. The maximum Gasteiger partial charge on any atom is 0.322 e. The number of hydrogen-bond acceptors (Lipinski definition) is 5. The van der Waals surface area contributed by atoms with Crippen LogP contribution in [0.4, 0.5) is 5.95 Å². The lowest BCUT2D eigenvalue weighted by Crippen LogP contribution is -2.21. The summed E-state index contributed by atoms with van der Waals surface area (Å²) >= 11 is 5.92. The van der Waals surface area contributed by atoms with Gasteiger partial charge >= 0.3 is 6.01 Å². The van der Waals surface area contributed by atoms with Gasteiger partial charge in [-0.05, 0) is 42.0 Å². The van der Waals surface area contributed by atoms with Crippen LogP contribution >= 0.6 is 11.6 Å². The molecule has 21 heavy (non-hydrogen) atoms. The summed E-state index contributed by atoms with van der Waals surface area (Å²) in [5.74, 6) is 0.471. The standard InChI is InChI=1S/C15H17ClN4O/c1-2-7-21-15-19-13(16)18-14(20-15)17-12-8-10-5-3-4-6-11(10)9-12/h3-6,12H,2,7-9H2,1H3,(H,17,18,19,20). The Morgan fingerprint density at radius 2 is 1.90 bits per heavy atom. The Morgan fingerprint density at radius 1 is 1.19 bits per heavy atom. The van der Waals surface area contributed by atoms with Crippen molar-refractivity contribution in [2.75, 3.05) is 11.9 Å². The summed E-state index contributed by atoms with van der Waals surface area (Å²) in [6, 6.07) is 9.00. The first-order valence-electron chi connectivity index (χ1n) is 7.12. The van der Waals surface area contributed by atoms with Crippen molar-refractivity contribution >= 4 is 17.5 Å². The van der Waals surface area contributed by atoms with Crippen molar-refractivity contribution in [2.24, 2.45) is 0 Å². The molecular formula is C15H17ClN4O. The number of ether oxygens (including phenoxy) is 1. The fourth-order valence-electron chi connectivity index (χ4n) is 2.50. The number of rotatable bonds is 5. The van der Waals surface area contributed by atoms with Crippen LogP contribution in [-0.4, -0.2) is 27.6 Å². The summed E-state index contributed by atoms with van der Waals surface area (Å²) in [7, 11) is 0. The fourth-order valence-corrected chi connectivity index (χ4v) is 2.65. The number of nitrogens with zero attached hydrogens (tertiary/aromatic N) is 3. The molecule has 0 saturated heterocycles. The highest BCUT2D eigenvalue weighted by molar-refractivity contribution is 6.28. The van der Waals surface area contributed by atoms with Crippen molar-refractivity contribution in [3.05, 3.63) is 40.7 Å². The number of hydrogen-bond donors (Lipinski definition) is 1. The molecule has 1 aromatic heterocycles. The third-order valence-corrected chi connectivity index (χ3v) is 3.58. The zero-order valence-corrected chi connectivity index (χ0v) is 12.6. The average Bonchev–Trinajstić information content (AvgIpc) is 2.86. The van der Waals surface area contributed by atoms with E-state index in [1.54, 1.807) is 0 Å². The van der Waals surface area contributed by atoms with Gasteiger partial charge in [-0.15, -0.1) is 0 Å². The largest absolute Gasteiger partial charge is 0.463 e. The van der Waals surface area contributed by atoms with E-state index < -0.39 is 0 Å². The zero-order valence-electron chi connectivity index (χ0n) is 11.8. The van der Waals surface area contributed by atoms with E-state index in [0.29, 0.717) is 12.6 Å². The number of anilines is 1. The molecule has 5 nitrogen and oxygen atoms in total. The van der Waals surface area contributed by atoms with Crippen molar-refractivity contribution in [3.63, 3.8) is 0 Å². The van der Waals surface area contributed by atoms with E-state index in [-0.39, 0.29) is 17.3 Å². The zero-order chi connectivity index (χ0) is 14.7. The van der Waals surface area contributed by atoms with Crippen molar-refractivity contribution in [1.29, 1.82) is 0 Å². The molecular weight excluding hydrogens is 288 g/mol. The first-order chi connectivity index (χ1) is 10.2. The van der Waals surface area contributed by atoms with Gasteiger partial charge in [0, 0.05) is 6.04 Å². The molecule has 0 radical (unpaired) electrons. The molecule has 0 saturated carbocycles. The quantitative estimate of drug-likeness (QED) is 0.920. The minimum atomic E-state index is 0.147. The molecule has 0 amide bonds. The van der Waals surface area contributed by atoms with Crippen molar-refractivity contribution in [2.45, 2.75) is 32.2 Å². The van der Waals surface area contributed by atoms with Crippen molar-refractivity contribution < 1.29 is 4.74 Å². The van der Waals surface area contributed by atoms with Crippen molar-refractivity contribution in [3.8, 4) is 6.01 Å². The Labute approximate surface area is 128 Å². The Hall–Kier alpha value is -1.88. The minimum absolute atomic E-state index is 0.147. The third-order valence-electron chi connectivity index (χ3n) is 3.41. The van der Waals surface area contributed by atoms with Gasteiger partial charge in [0.05, 0.1) is 6.61 Å². The SMILES string of the molecule is CCCOc1nc(Cl)nc(NC2Cc3ccccc3C2)n1. The van der Waals surface area contributed by atoms with Gasteiger partial charge in [-0.2, -0.15) is 15.0 Å². The highest BCUT2D eigenvalue weighted by atomic mass is 35.5. The van der Waals surface area contributed by atoms with Gasteiger partial charge in [-0.1, -0.05) is 31.2 Å². The summed E-state index contributed by atoms with van der Waals surface area (Å²) in [4.78, 5) is 12.3. The Kier molecular flexibility index (Phi) is 4.20. The summed E-state index contributed by atoms with van der Waals surface area (Å²) in [6.07, 6.45) is 2.82. The number of fused-ring (bicyclic) bond motifs is 1. The van der Waals surface area contributed by atoms with E-state index in [1.165, 1.54) is 11.1 Å². The Balaban J connectivity index is 1.70. The Bertz CT molecular complexity index is 610. The summed E-state index contributed by atoms with van der Waals surface area (Å²) in [6.45, 7) is 2.59. The lowest BCUT2D eigenvalue weighted by atomic mass is 10.1. The molecule has 1 aromatic carbocycles. The van der Waals surface area contributed by atoms with Crippen LogP contribution in [0.3, 0.4) is 0 Å². The molecule has 0 aliphatic heterocycles. The molecule has 3 rings (SSSR count). The predicted octanol–water partition coefficient (Wildman–Crippen LogP) is 2.89. The molecule has 1 aliphatic rings. The molecule has 1 heterocycles. The maximum absolute atomic E-state index is 5.92. The molecule has 1 aliphatic carbocycles. The van der Waals surface area contributed by atoms with Crippen LogP contribution < -0.4 is 10.1 Å². The highest BCUT2D eigenvalue weighted by Crippen LogP contribution is 2.24. The summed E-state index contributed by atoms with van der Waals surface area (Å²) in [5, 5.41) is 3.47. The van der Waals surface area contributed by atoms with E-state index in [0.717, 1.165) is 19.3 Å². The molecule has 0 spiro atoms. The van der Waals surface area contributed by atoms with Gasteiger partial charge in [0.15, 0.2) is 0 Å². The monoisotopic (exact) mass is 304 g/mol. The lowest BCUT2D eigenvalue weighted by molar-refractivity contribution is 0.291. The topological polar surface area (TPSA) is 59.9 Å². The van der Waals surface area contributed by atoms with E-state index in [2.05, 4.69) is 44.5 Å². The smallest absolute Gasteiger partial charge is 0.322 e. The van der Waals surface area contributed by atoms with Crippen LogP contribution in [0.5, 0.6) is 6.01 Å². The second-order valence-corrected chi connectivity index (χ2v) is 5.42. The minimum Gasteiger partial charge on any atom is -0.463 e. The average molecular weight is 305 g/mol. The molecule has 110 valence electrons. The van der Waals surface area contributed by atoms with Gasteiger partial charge in [-0.25, -0.2) is 0 Å². The van der Waals surface area contributed by atoms with Crippen LogP contribution in [0.1, 0.15) is 24.5 Å². The van der Waals surface area contributed by atoms with Crippen LogP contribution in [-0.2, 0) is 12.8 Å². The molecule has 6 heteroatoms. The van der Waals surface area contributed by atoms with Gasteiger partial charge in [0.1, 0.15) is 0 Å². The molecule has 1 N–H and O–H groups in total. The van der Waals surface area contributed by atoms with Crippen molar-refractivity contribution in [1.82, 2.24) is 15.0 Å². The lowest BCUT2D eigenvalue weighted by Gasteiger charge is -2.12. The second kappa shape index (κ2) is 6.26. The van der Waals surface area contributed by atoms with E-state index in [9.17, 15) is 0 Å². The molecule has 0 bridgehead atoms. The molecule has 0 atom stereocenters. The third kappa shape index (κ3) is 3.42. The maximum atomic E-state index is 5.92. The molecule has 2 aromatic rings. The summed E-state index contributed by atoms with van der Waals surface area (Å²) < 4.78 is 5.42. The first-order valence-corrected chi connectivity index (χ1v) is 7.50. The number of aromatic nitrogens is 3. The normalized spacial score (nSPS) is 14.0. The van der Waals surface area contributed by atoms with Gasteiger partial charge in [0.25, 0.3) is 0 Å². The van der Waals surface area contributed by atoms with Crippen LogP contribution in [0.15, 0.2) is 24.3 Å². The van der Waals surface area contributed by atoms with Gasteiger partial charge in [-0.3, -0.25) is 0 Å². The number of benzene rings is 1. The molecule has 0 fully saturated rings.